The highest BCUT2D eigenvalue weighted by atomic mass is 15.0. The molecule has 0 aliphatic heterocycles. The third kappa shape index (κ3) is 3.38. The second kappa shape index (κ2) is 7.54. The highest BCUT2D eigenvalue weighted by Crippen LogP contribution is 2.32. The second-order valence-electron chi connectivity index (χ2n) is 5.82. The van der Waals surface area contributed by atoms with Crippen molar-refractivity contribution in [3.8, 4) is 0 Å². The molecule has 0 saturated carbocycles. The molecule has 3 rings (SSSR count). The van der Waals surface area contributed by atoms with Gasteiger partial charge in [0.1, 0.15) is 0 Å². The largest absolute Gasteiger partial charge is 0.329 e. The summed E-state index contributed by atoms with van der Waals surface area (Å²) in [5, 5.41) is 7.08. The number of nitrogens with one attached hydrogen (secondary N) is 2. The Balaban J connectivity index is 1.82. The van der Waals surface area contributed by atoms with E-state index in [1.165, 1.54) is 22.3 Å². The van der Waals surface area contributed by atoms with Gasteiger partial charge in [-0.15, -0.1) is 0 Å². The Labute approximate surface area is 132 Å². The molecule has 22 heavy (non-hydrogen) atoms. The predicted octanol–water partition coefficient (Wildman–Crippen LogP) is 2.01. The van der Waals surface area contributed by atoms with E-state index in [4.69, 9.17) is 5.73 Å². The fourth-order valence-corrected chi connectivity index (χ4v) is 3.28. The van der Waals surface area contributed by atoms with Gasteiger partial charge < -0.3 is 16.4 Å². The maximum Gasteiger partial charge on any atom is 0.0582 e. The average Bonchev–Trinajstić information content (AvgIpc) is 2.72. The van der Waals surface area contributed by atoms with Gasteiger partial charge in [0.15, 0.2) is 0 Å². The molecule has 0 spiro atoms. The SMILES string of the molecule is NCCNCCNC1c2ccccc2CCc2ccccc21. The van der Waals surface area contributed by atoms with Crippen LogP contribution in [0.3, 0.4) is 0 Å². The van der Waals surface area contributed by atoms with E-state index >= 15 is 0 Å². The molecule has 3 nitrogen and oxygen atoms in total. The molecular weight excluding hydrogens is 270 g/mol. The second-order valence-corrected chi connectivity index (χ2v) is 5.82. The van der Waals surface area contributed by atoms with E-state index in [-0.39, 0.29) is 6.04 Å². The molecule has 4 N–H and O–H groups in total. The molecule has 0 bridgehead atoms. The van der Waals surface area contributed by atoms with Gasteiger partial charge in [0.25, 0.3) is 0 Å². The lowest BCUT2D eigenvalue weighted by atomic mass is 9.94. The molecule has 0 amide bonds. The zero-order valence-corrected chi connectivity index (χ0v) is 13.0. The summed E-state index contributed by atoms with van der Waals surface area (Å²) in [4.78, 5) is 0. The van der Waals surface area contributed by atoms with Crippen molar-refractivity contribution in [3.63, 3.8) is 0 Å². The summed E-state index contributed by atoms with van der Waals surface area (Å²) in [6.07, 6.45) is 2.24. The minimum absolute atomic E-state index is 0.287. The van der Waals surface area contributed by atoms with E-state index < -0.39 is 0 Å². The van der Waals surface area contributed by atoms with Crippen molar-refractivity contribution in [1.29, 1.82) is 0 Å². The van der Waals surface area contributed by atoms with Crippen molar-refractivity contribution in [2.45, 2.75) is 18.9 Å². The molecule has 1 aliphatic carbocycles. The van der Waals surface area contributed by atoms with Crippen LogP contribution >= 0.6 is 0 Å². The molecule has 0 unspecified atom stereocenters. The van der Waals surface area contributed by atoms with Gasteiger partial charge in [-0.2, -0.15) is 0 Å². The molecule has 0 heterocycles. The quantitative estimate of drug-likeness (QED) is 0.715. The van der Waals surface area contributed by atoms with Crippen molar-refractivity contribution < 1.29 is 0 Å². The topological polar surface area (TPSA) is 50.1 Å². The van der Waals surface area contributed by atoms with Crippen LogP contribution in [0.5, 0.6) is 0 Å². The van der Waals surface area contributed by atoms with Crippen LogP contribution in [0, 0.1) is 0 Å². The minimum atomic E-state index is 0.287. The third-order valence-corrected chi connectivity index (χ3v) is 4.37. The summed E-state index contributed by atoms with van der Waals surface area (Å²) in [5.41, 5.74) is 11.3. The molecule has 116 valence electrons. The Hall–Kier alpha value is -1.68. The number of nitrogens with two attached hydrogens (primary N) is 1. The summed E-state index contributed by atoms with van der Waals surface area (Å²) in [6.45, 7) is 3.44. The van der Waals surface area contributed by atoms with Gasteiger partial charge in [0, 0.05) is 26.2 Å². The van der Waals surface area contributed by atoms with Crippen LogP contribution in [0.15, 0.2) is 48.5 Å². The fourth-order valence-electron chi connectivity index (χ4n) is 3.28. The highest BCUT2D eigenvalue weighted by Gasteiger charge is 2.22. The van der Waals surface area contributed by atoms with Crippen LogP contribution in [-0.2, 0) is 12.8 Å². The number of fused-ring (bicyclic) bond motifs is 2. The van der Waals surface area contributed by atoms with E-state index in [0.717, 1.165) is 32.5 Å². The maximum absolute atomic E-state index is 5.52. The fraction of sp³-hybridized carbons (Fsp3) is 0.368. The Morgan fingerprint density at radius 1 is 0.818 bits per heavy atom. The standard InChI is InChI=1S/C19H25N3/c20-11-12-21-13-14-22-19-17-7-3-1-5-15(17)9-10-16-6-2-4-8-18(16)19/h1-8,19,21-22H,9-14,20H2. The molecule has 0 saturated heterocycles. The van der Waals surface area contributed by atoms with Crippen LogP contribution in [0.25, 0.3) is 0 Å². The Bertz CT molecular complexity index is 562. The molecule has 0 radical (unpaired) electrons. The lowest BCUT2D eigenvalue weighted by molar-refractivity contribution is 0.567. The Morgan fingerprint density at radius 3 is 2.00 bits per heavy atom. The molecule has 2 aromatic carbocycles. The predicted molar refractivity (Wildman–Crippen MR) is 92.1 cm³/mol. The molecular formula is C19H25N3. The zero-order valence-electron chi connectivity index (χ0n) is 13.0. The van der Waals surface area contributed by atoms with Crippen molar-refractivity contribution in [2.75, 3.05) is 26.2 Å². The lowest BCUT2D eigenvalue weighted by Gasteiger charge is -2.22. The summed E-state index contributed by atoms with van der Waals surface area (Å²) in [6, 6.07) is 17.9. The molecule has 3 heteroatoms. The smallest absolute Gasteiger partial charge is 0.0582 e. The van der Waals surface area contributed by atoms with Crippen LogP contribution in [0.4, 0.5) is 0 Å². The summed E-state index contributed by atoms with van der Waals surface area (Å²) in [5.74, 6) is 0. The van der Waals surface area contributed by atoms with Crippen LogP contribution in [-0.4, -0.2) is 26.2 Å². The maximum atomic E-state index is 5.52. The van der Waals surface area contributed by atoms with Crippen molar-refractivity contribution in [3.05, 3.63) is 70.8 Å². The monoisotopic (exact) mass is 295 g/mol. The molecule has 0 fully saturated rings. The van der Waals surface area contributed by atoms with Gasteiger partial charge in [-0.25, -0.2) is 0 Å². The number of aryl methyl sites for hydroxylation is 2. The van der Waals surface area contributed by atoms with Crippen LogP contribution < -0.4 is 16.4 Å². The van der Waals surface area contributed by atoms with Gasteiger partial charge in [0.2, 0.25) is 0 Å². The van der Waals surface area contributed by atoms with Gasteiger partial charge in [-0.1, -0.05) is 48.5 Å². The van der Waals surface area contributed by atoms with E-state index in [9.17, 15) is 0 Å². The molecule has 1 aliphatic rings. The number of benzene rings is 2. The highest BCUT2D eigenvalue weighted by molar-refractivity contribution is 5.44. The van der Waals surface area contributed by atoms with E-state index in [2.05, 4.69) is 59.2 Å². The molecule has 0 atom stereocenters. The van der Waals surface area contributed by atoms with Gasteiger partial charge in [-0.3, -0.25) is 0 Å². The molecule has 0 aromatic heterocycles. The van der Waals surface area contributed by atoms with Gasteiger partial charge in [-0.05, 0) is 35.1 Å². The van der Waals surface area contributed by atoms with Gasteiger partial charge in [0.05, 0.1) is 6.04 Å². The number of hydrogen-bond donors (Lipinski definition) is 3. The average molecular weight is 295 g/mol. The minimum Gasteiger partial charge on any atom is -0.329 e. The van der Waals surface area contributed by atoms with E-state index in [0.29, 0.717) is 6.54 Å². The van der Waals surface area contributed by atoms with E-state index in [1.54, 1.807) is 0 Å². The first-order valence-electron chi connectivity index (χ1n) is 8.20. The Morgan fingerprint density at radius 2 is 1.41 bits per heavy atom. The first kappa shape index (κ1) is 15.2. The first-order valence-corrected chi connectivity index (χ1v) is 8.20. The molecule has 2 aromatic rings. The van der Waals surface area contributed by atoms with E-state index in [1.807, 2.05) is 0 Å². The normalized spacial score (nSPS) is 14.2. The van der Waals surface area contributed by atoms with Gasteiger partial charge >= 0.3 is 0 Å². The van der Waals surface area contributed by atoms with Crippen LogP contribution in [0.2, 0.25) is 0 Å². The van der Waals surface area contributed by atoms with Crippen molar-refractivity contribution in [2.24, 2.45) is 5.73 Å². The number of hydrogen-bond acceptors (Lipinski definition) is 3. The Kier molecular flexibility index (Phi) is 5.22. The summed E-state index contributed by atoms with van der Waals surface area (Å²) in [7, 11) is 0. The number of rotatable bonds is 6. The zero-order chi connectivity index (χ0) is 15.2. The van der Waals surface area contributed by atoms with Crippen LogP contribution in [0.1, 0.15) is 28.3 Å². The van der Waals surface area contributed by atoms with Crippen molar-refractivity contribution >= 4 is 0 Å². The summed E-state index contributed by atoms with van der Waals surface area (Å²) >= 11 is 0. The van der Waals surface area contributed by atoms with Crippen molar-refractivity contribution in [1.82, 2.24) is 10.6 Å². The summed E-state index contributed by atoms with van der Waals surface area (Å²) < 4.78 is 0. The lowest BCUT2D eigenvalue weighted by Crippen LogP contribution is -2.33. The third-order valence-electron chi connectivity index (χ3n) is 4.37. The first-order chi connectivity index (χ1) is 10.9.